The average Bonchev–Trinajstić information content (AvgIpc) is 2.54. The van der Waals surface area contributed by atoms with Crippen LogP contribution in [0.2, 0.25) is 0 Å². The number of ether oxygens (including phenoxy) is 1. The molecule has 0 bridgehead atoms. The summed E-state index contributed by atoms with van der Waals surface area (Å²) in [5, 5.41) is 0.247. The molecule has 88 valence electrons. The Balaban J connectivity index is 2.19. The fourth-order valence-corrected chi connectivity index (χ4v) is 2.81. The molecular formula is C13H18ClNO. The number of nitrogens with zero attached hydrogens (tertiary/aromatic N) is 1. The summed E-state index contributed by atoms with van der Waals surface area (Å²) in [7, 11) is 1.67. The Bertz CT molecular complexity index is 342. The summed E-state index contributed by atoms with van der Waals surface area (Å²) in [6.45, 7) is 0. The Labute approximate surface area is 102 Å². The minimum Gasteiger partial charge on any atom is -0.495 e. The van der Waals surface area contributed by atoms with Crippen LogP contribution in [-0.2, 0) is 0 Å². The lowest BCUT2D eigenvalue weighted by molar-refractivity contribution is 0.411. The molecular weight excluding hydrogens is 222 g/mol. The molecule has 2 unspecified atom stereocenters. The molecule has 0 N–H and O–H groups in total. The van der Waals surface area contributed by atoms with Crippen molar-refractivity contribution in [2.75, 3.05) is 7.11 Å². The van der Waals surface area contributed by atoms with Gasteiger partial charge in [-0.1, -0.05) is 19.3 Å². The third kappa shape index (κ3) is 2.67. The highest BCUT2D eigenvalue weighted by Gasteiger charge is 2.23. The lowest BCUT2D eigenvalue weighted by Gasteiger charge is -2.19. The van der Waals surface area contributed by atoms with E-state index in [2.05, 4.69) is 11.1 Å². The van der Waals surface area contributed by atoms with Crippen molar-refractivity contribution in [1.82, 2.24) is 4.98 Å². The van der Waals surface area contributed by atoms with E-state index in [0.717, 1.165) is 12.2 Å². The lowest BCUT2D eigenvalue weighted by atomic mass is 9.92. The quantitative estimate of drug-likeness (QED) is 0.579. The van der Waals surface area contributed by atoms with Crippen molar-refractivity contribution in [2.45, 2.75) is 43.4 Å². The standard InChI is InChI=1S/C13H18ClNO/c1-16-11-7-10(8-15-9-11)12-5-3-2-4-6-13(12)14/h7-9,12-13H,2-6H2,1H3. The summed E-state index contributed by atoms with van der Waals surface area (Å²) in [5.74, 6) is 1.26. The lowest BCUT2D eigenvalue weighted by Crippen LogP contribution is -2.11. The first-order valence-electron chi connectivity index (χ1n) is 5.94. The van der Waals surface area contributed by atoms with Gasteiger partial charge in [0.1, 0.15) is 5.75 Å². The van der Waals surface area contributed by atoms with Crippen LogP contribution in [0.5, 0.6) is 5.75 Å². The summed E-state index contributed by atoms with van der Waals surface area (Å²) in [6, 6.07) is 2.07. The Kier molecular flexibility index (Phi) is 4.05. The Morgan fingerprint density at radius 1 is 1.25 bits per heavy atom. The van der Waals surface area contributed by atoms with Crippen LogP contribution in [0.4, 0.5) is 0 Å². The highest BCUT2D eigenvalue weighted by molar-refractivity contribution is 6.21. The predicted molar refractivity (Wildman–Crippen MR) is 66.3 cm³/mol. The SMILES string of the molecule is COc1cncc(C2CCCCCC2Cl)c1. The van der Waals surface area contributed by atoms with Crippen LogP contribution in [0.15, 0.2) is 18.5 Å². The van der Waals surface area contributed by atoms with E-state index in [4.69, 9.17) is 16.3 Å². The van der Waals surface area contributed by atoms with E-state index in [9.17, 15) is 0 Å². The van der Waals surface area contributed by atoms with Gasteiger partial charge in [-0.25, -0.2) is 0 Å². The zero-order valence-electron chi connectivity index (χ0n) is 9.66. The van der Waals surface area contributed by atoms with Crippen LogP contribution < -0.4 is 4.74 Å². The monoisotopic (exact) mass is 239 g/mol. The molecule has 0 amide bonds. The van der Waals surface area contributed by atoms with Gasteiger partial charge in [-0.15, -0.1) is 11.6 Å². The van der Waals surface area contributed by atoms with E-state index >= 15 is 0 Å². The number of halogens is 1. The second kappa shape index (κ2) is 5.53. The maximum Gasteiger partial charge on any atom is 0.137 e. The zero-order chi connectivity index (χ0) is 11.4. The minimum atomic E-state index is 0.247. The van der Waals surface area contributed by atoms with E-state index in [1.807, 2.05) is 6.20 Å². The predicted octanol–water partition coefficient (Wildman–Crippen LogP) is 3.75. The van der Waals surface area contributed by atoms with Gasteiger partial charge in [0.05, 0.1) is 13.3 Å². The van der Waals surface area contributed by atoms with E-state index in [1.54, 1.807) is 13.3 Å². The van der Waals surface area contributed by atoms with Crippen LogP contribution in [0.25, 0.3) is 0 Å². The molecule has 16 heavy (non-hydrogen) atoms. The first-order chi connectivity index (χ1) is 7.81. The van der Waals surface area contributed by atoms with Crippen LogP contribution in [-0.4, -0.2) is 17.5 Å². The summed E-state index contributed by atoms with van der Waals surface area (Å²) >= 11 is 6.45. The molecule has 1 heterocycles. The van der Waals surface area contributed by atoms with Crippen molar-refractivity contribution in [3.05, 3.63) is 24.0 Å². The first kappa shape index (κ1) is 11.7. The fraction of sp³-hybridized carbons (Fsp3) is 0.615. The zero-order valence-corrected chi connectivity index (χ0v) is 10.4. The summed E-state index contributed by atoms with van der Waals surface area (Å²) in [6.07, 6.45) is 9.77. The van der Waals surface area contributed by atoms with Crippen molar-refractivity contribution in [1.29, 1.82) is 0 Å². The molecule has 1 aromatic rings. The second-order valence-corrected chi connectivity index (χ2v) is 4.98. The van der Waals surface area contributed by atoms with Crippen LogP contribution >= 0.6 is 11.6 Å². The van der Waals surface area contributed by atoms with E-state index in [0.29, 0.717) is 5.92 Å². The second-order valence-electron chi connectivity index (χ2n) is 4.42. The molecule has 2 atom stereocenters. The van der Waals surface area contributed by atoms with Gasteiger partial charge < -0.3 is 4.74 Å². The first-order valence-corrected chi connectivity index (χ1v) is 6.38. The maximum absolute atomic E-state index is 6.45. The number of pyridine rings is 1. The Hall–Kier alpha value is -0.760. The van der Waals surface area contributed by atoms with Gasteiger partial charge in [-0.05, 0) is 24.5 Å². The number of alkyl halides is 1. The molecule has 2 rings (SSSR count). The van der Waals surface area contributed by atoms with Crippen molar-refractivity contribution in [3.8, 4) is 5.75 Å². The summed E-state index contributed by atoms with van der Waals surface area (Å²) in [4.78, 5) is 4.21. The molecule has 0 radical (unpaired) electrons. The highest BCUT2D eigenvalue weighted by Crippen LogP contribution is 2.35. The van der Waals surface area contributed by atoms with Gasteiger partial charge in [0.25, 0.3) is 0 Å². The van der Waals surface area contributed by atoms with Gasteiger partial charge in [0.15, 0.2) is 0 Å². The van der Waals surface area contributed by atoms with Gasteiger partial charge >= 0.3 is 0 Å². The molecule has 1 fully saturated rings. The van der Waals surface area contributed by atoms with Gasteiger partial charge in [-0.3, -0.25) is 4.98 Å². The number of rotatable bonds is 2. The maximum atomic E-state index is 6.45. The van der Waals surface area contributed by atoms with Crippen molar-refractivity contribution in [3.63, 3.8) is 0 Å². The van der Waals surface area contributed by atoms with E-state index in [1.165, 1.54) is 31.2 Å². The smallest absolute Gasteiger partial charge is 0.137 e. The minimum absolute atomic E-state index is 0.247. The normalized spacial score (nSPS) is 26.1. The highest BCUT2D eigenvalue weighted by atomic mass is 35.5. The summed E-state index contributed by atoms with van der Waals surface area (Å²) in [5.41, 5.74) is 1.22. The molecule has 1 aromatic heterocycles. The van der Waals surface area contributed by atoms with Gasteiger partial charge in [-0.2, -0.15) is 0 Å². The molecule has 0 aliphatic heterocycles. The van der Waals surface area contributed by atoms with Crippen molar-refractivity contribution >= 4 is 11.6 Å². The molecule has 2 nitrogen and oxygen atoms in total. The van der Waals surface area contributed by atoms with E-state index < -0.39 is 0 Å². The fourth-order valence-electron chi connectivity index (χ4n) is 2.39. The Morgan fingerprint density at radius 2 is 2.06 bits per heavy atom. The molecule has 3 heteroatoms. The van der Waals surface area contributed by atoms with E-state index in [-0.39, 0.29) is 5.38 Å². The third-order valence-corrected chi connectivity index (χ3v) is 3.85. The van der Waals surface area contributed by atoms with Gasteiger partial charge in [0.2, 0.25) is 0 Å². The number of hydrogen-bond acceptors (Lipinski definition) is 2. The van der Waals surface area contributed by atoms with Crippen LogP contribution in [0.3, 0.4) is 0 Å². The summed E-state index contributed by atoms with van der Waals surface area (Å²) < 4.78 is 5.21. The number of hydrogen-bond donors (Lipinski definition) is 0. The topological polar surface area (TPSA) is 22.1 Å². The number of methoxy groups -OCH3 is 1. The number of aromatic nitrogens is 1. The van der Waals surface area contributed by atoms with Gasteiger partial charge in [0, 0.05) is 17.5 Å². The molecule has 0 aromatic carbocycles. The van der Waals surface area contributed by atoms with Crippen LogP contribution in [0.1, 0.15) is 43.6 Å². The largest absolute Gasteiger partial charge is 0.495 e. The molecule has 0 spiro atoms. The van der Waals surface area contributed by atoms with Crippen molar-refractivity contribution in [2.24, 2.45) is 0 Å². The Morgan fingerprint density at radius 3 is 2.88 bits per heavy atom. The molecule has 1 saturated carbocycles. The third-order valence-electron chi connectivity index (χ3n) is 3.33. The van der Waals surface area contributed by atoms with Crippen molar-refractivity contribution < 1.29 is 4.74 Å². The molecule has 1 aliphatic rings. The van der Waals surface area contributed by atoms with Crippen LogP contribution in [0, 0.1) is 0 Å². The molecule has 0 saturated heterocycles. The molecule has 1 aliphatic carbocycles. The average molecular weight is 240 g/mol.